The number of halogens is 1. The first-order valence-electron chi connectivity index (χ1n) is 13.8. The average Bonchev–Trinajstić information content (AvgIpc) is 3.23. The van der Waals surface area contributed by atoms with E-state index in [1.807, 2.05) is 24.1 Å². The molecule has 4 heterocycles. The molecule has 2 fully saturated rings. The van der Waals surface area contributed by atoms with Crippen LogP contribution in [0.25, 0.3) is 21.9 Å². The predicted octanol–water partition coefficient (Wildman–Crippen LogP) is 6.01. The molecule has 0 amide bonds. The lowest BCUT2D eigenvalue weighted by molar-refractivity contribution is 0.101. The highest BCUT2D eigenvalue weighted by Crippen LogP contribution is 2.30. The van der Waals surface area contributed by atoms with E-state index >= 15 is 0 Å². The summed E-state index contributed by atoms with van der Waals surface area (Å²) in [5, 5.41) is 10.3. The van der Waals surface area contributed by atoms with E-state index in [9.17, 15) is 4.39 Å². The number of anilines is 1. The van der Waals surface area contributed by atoms with Crippen LogP contribution >= 0.6 is 0 Å². The second-order valence-electron chi connectivity index (χ2n) is 11.5. The molecule has 2 saturated heterocycles. The van der Waals surface area contributed by atoms with Crippen LogP contribution in [0.1, 0.15) is 51.6 Å². The zero-order valence-electron chi connectivity index (χ0n) is 22.6. The van der Waals surface area contributed by atoms with Gasteiger partial charge in [-0.25, -0.2) is 9.37 Å². The van der Waals surface area contributed by atoms with Gasteiger partial charge in [0.05, 0.1) is 11.9 Å². The number of fused-ring (bicyclic) bond motifs is 1. The number of nitrogens with one attached hydrogen (secondary N) is 1. The summed E-state index contributed by atoms with van der Waals surface area (Å²) in [7, 11) is 2.05. The molecule has 0 bridgehead atoms. The number of aryl methyl sites for hydroxylation is 1. The molecule has 3 aromatic rings. The summed E-state index contributed by atoms with van der Waals surface area (Å²) in [6, 6.07) is 8.69. The van der Waals surface area contributed by atoms with Crippen molar-refractivity contribution in [3.8, 4) is 11.1 Å². The van der Waals surface area contributed by atoms with Gasteiger partial charge in [-0.15, -0.1) is 0 Å². The quantitative estimate of drug-likeness (QED) is 0.407. The predicted molar refractivity (Wildman–Crippen MR) is 150 cm³/mol. The van der Waals surface area contributed by atoms with Gasteiger partial charge in [-0.1, -0.05) is 25.1 Å². The van der Waals surface area contributed by atoms with Gasteiger partial charge >= 0.3 is 0 Å². The lowest BCUT2D eigenvalue weighted by Crippen LogP contribution is -2.41. The molecular weight excluding hydrogens is 463 g/mol. The van der Waals surface area contributed by atoms with Gasteiger partial charge in [0.2, 0.25) is 0 Å². The van der Waals surface area contributed by atoms with Crippen molar-refractivity contribution >= 4 is 16.6 Å². The molecule has 0 aliphatic carbocycles. The highest BCUT2D eigenvalue weighted by molar-refractivity contribution is 5.88. The van der Waals surface area contributed by atoms with E-state index in [2.05, 4.69) is 56.0 Å². The molecular formula is C30H41FN6. The lowest BCUT2D eigenvalue weighted by Gasteiger charge is -2.35. The minimum Gasteiger partial charge on any atom is -0.344 e. The first-order chi connectivity index (χ1) is 17.7. The number of nitrogens with zero attached hydrogens (tertiary/aromatic N) is 5. The molecule has 0 saturated carbocycles. The number of piperidine rings is 2. The standard InChI is InChI=1S/C30H41FN6/c1-22(23-10-14-37(15-11-23)21-30(2,3)31)34-29-17-26-16-24(8-9-25(26)18-32-29)27-19-33-35(4)28(27)20-36-12-6-5-7-13-36/h8-9,16-19,23H,1,5-7,10-15,20-21H2,2-4H3,(H,32,34). The number of aromatic nitrogens is 3. The van der Waals surface area contributed by atoms with Gasteiger partial charge < -0.3 is 10.2 Å². The van der Waals surface area contributed by atoms with Crippen LogP contribution in [0.5, 0.6) is 0 Å². The molecule has 0 unspecified atom stereocenters. The van der Waals surface area contributed by atoms with Crippen molar-refractivity contribution in [1.82, 2.24) is 24.6 Å². The number of alkyl halides is 1. The normalized spacial score (nSPS) is 18.4. The topological polar surface area (TPSA) is 49.2 Å². The van der Waals surface area contributed by atoms with Crippen molar-refractivity contribution in [3.05, 3.63) is 54.6 Å². The largest absolute Gasteiger partial charge is 0.344 e. The summed E-state index contributed by atoms with van der Waals surface area (Å²) < 4.78 is 16.0. The van der Waals surface area contributed by atoms with Gasteiger partial charge in [-0.2, -0.15) is 5.10 Å². The molecule has 0 atom stereocenters. The molecule has 5 rings (SSSR count). The smallest absolute Gasteiger partial charge is 0.130 e. The summed E-state index contributed by atoms with van der Waals surface area (Å²) in [5.74, 6) is 1.19. The fraction of sp³-hybridized carbons (Fsp3) is 0.533. The van der Waals surface area contributed by atoms with Gasteiger partial charge in [0.15, 0.2) is 0 Å². The van der Waals surface area contributed by atoms with Crippen LogP contribution in [-0.4, -0.2) is 63.0 Å². The molecule has 37 heavy (non-hydrogen) atoms. The molecule has 2 aliphatic rings. The van der Waals surface area contributed by atoms with E-state index < -0.39 is 5.67 Å². The number of hydrogen-bond acceptors (Lipinski definition) is 5. The minimum absolute atomic E-state index is 0.371. The fourth-order valence-electron chi connectivity index (χ4n) is 5.84. The molecule has 2 aromatic heterocycles. The Hall–Kier alpha value is -2.77. The van der Waals surface area contributed by atoms with E-state index in [-0.39, 0.29) is 0 Å². The Morgan fingerprint density at radius 3 is 2.51 bits per heavy atom. The second-order valence-corrected chi connectivity index (χ2v) is 11.5. The number of pyridine rings is 1. The molecule has 7 heteroatoms. The number of likely N-dealkylation sites (tertiary alicyclic amines) is 2. The van der Waals surface area contributed by atoms with Crippen LogP contribution < -0.4 is 5.32 Å². The summed E-state index contributed by atoms with van der Waals surface area (Å²) in [6.07, 6.45) is 9.81. The summed E-state index contributed by atoms with van der Waals surface area (Å²) >= 11 is 0. The van der Waals surface area contributed by atoms with Gasteiger partial charge in [-0.3, -0.25) is 9.58 Å². The van der Waals surface area contributed by atoms with Crippen LogP contribution in [0, 0.1) is 5.92 Å². The number of rotatable bonds is 8. The van der Waals surface area contributed by atoms with E-state index in [0.29, 0.717) is 12.5 Å². The minimum atomic E-state index is -1.15. The Labute approximate surface area is 220 Å². The number of benzene rings is 1. The van der Waals surface area contributed by atoms with E-state index in [1.54, 1.807) is 13.8 Å². The molecule has 6 nitrogen and oxygen atoms in total. The highest BCUT2D eigenvalue weighted by atomic mass is 19.1. The first kappa shape index (κ1) is 25.9. The molecule has 0 radical (unpaired) electrons. The Morgan fingerprint density at radius 1 is 1.03 bits per heavy atom. The van der Waals surface area contributed by atoms with Gasteiger partial charge in [0, 0.05) is 48.9 Å². The van der Waals surface area contributed by atoms with Crippen molar-refractivity contribution in [3.63, 3.8) is 0 Å². The molecule has 2 aliphatic heterocycles. The monoisotopic (exact) mass is 504 g/mol. The van der Waals surface area contributed by atoms with Gasteiger partial charge in [0.25, 0.3) is 0 Å². The number of hydrogen-bond donors (Lipinski definition) is 1. The molecule has 1 aromatic carbocycles. The van der Waals surface area contributed by atoms with Crippen LogP contribution in [0.2, 0.25) is 0 Å². The van der Waals surface area contributed by atoms with Crippen LogP contribution in [0.4, 0.5) is 10.2 Å². The maximum atomic E-state index is 14.0. The van der Waals surface area contributed by atoms with Gasteiger partial charge in [0.1, 0.15) is 11.5 Å². The van der Waals surface area contributed by atoms with Crippen molar-refractivity contribution < 1.29 is 4.39 Å². The van der Waals surface area contributed by atoms with Crippen LogP contribution in [0.3, 0.4) is 0 Å². The van der Waals surface area contributed by atoms with Crippen molar-refractivity contribution in [2.24, 2.45) is 13.0 Å². The zero-order chi connectivity index (χ0) is 26.0. The Kier molecular flexibility index (Phi) is 7.63. The average molecular weight is 505 g/mol. The zero-order valence-corrected chi connectivity index (χ0v) is 22.6. The van der Waals surface area contributed by atoms with E-state index in [1.165, 1.54) is 49.2 Å². The molecule has 0 spiro atoms. The SMILES string of the molecule is C=C(Nc1cc2cc(-c3cnn(C)c3CN3CCCCC3)ccc2cn1)C1CCN(CC(C)(C)F)CC1. The summed E-state index contributed by atoms with van der Waals surface area (Å²) in [6.45, 7) is 13.2. The first-order valence-corrected chi connectivity index (χ1v) is 13.8. The third kappa shape index (κ3) is 6.39. The molecule has 1 N–H and O–H groups in total. The third-order valence-electron chi connectivity index (χ3n) is 7.88. The lowest BCUT2D eigenvalue weighted by atomic mass is 9.93. The highest BCUT2D eigenvalue weighted by Gasteiger charge is 2.26. The maximum Gasteiger partial charge on any atom is 0.130 e. The summed E-state index contributed by atoms with van der Waals surface area (Å²) in [4.78, 5) is 9.42. The van der Waals surface area contributed by atoms with E-state index in [0.717, 1.165) is 54.8 Å². The number of allylic oxidation sites excluding steroid dienone is 1. The molecule has 198 valence electrons. The van der Waals surface area contributed by atoms with Crippen molar-refractivity contribution in [2.45, 2.75) is 58.2 Å². The van der Waals surface area contributed by atoms with Gasteiger partial charge in [-0.05, 0) is 88.8 Å². The van der Waals surface area contributed by atoms with Crippen LogP contribution in [0.15, 0.2) is 48.9 Å². The second kappa shape index (κ2) is 10.9. The third-order valence-corrected chi connectivity index (χ3v) is 7.88. The maximum absolute atomic E-state index is 14.0. The Bertz CT molecular complexity index is 1230. The van der Waals surface area contributed by atoms with Crippen LogP contribution in [-0.2, 0) is 13.6 Å². The van der Waals surface area contributed by atoms with Crippen molar-refractivity contribution in [2.75, 3.05) is 38.0 Å². The van der Waals surface area contributed by atoms with E-state index in [4.69, 9.17) is 0 Å². The Balaban J connectivity index is 1.28. The fourth-order valence-corrected chi connectivity index (χ4v) is 5.84. The van der Waals surface area contributed by atoms with Crippen molar-refractivity contribution in [1.29, 1.82) is 0 Å². The summed E-state index contributed by atoms with van der Waals surface area (Å²) in [5.41, 5.74) is 3.50. The Morgan fingerprint density at radius 2 is 1.78 bits per heavy atom.